The third-order valence-electron chi connectivity index (χ3n) is 4.44. The summed E-state index contributed by atoms with van der Waals surface area (Å²) < 4.78 is 0. The van der Waals surface area contributed by atoms with E-state index in [9.17, 15) is 9.90 Å². The summed E-state index contributed by atoms with van der Waals surface area (Å²) in [6.45, 7) is 9.47. The summed E-state index contributed by atoms with van der Waals surface area (Å²) >= 11 is 1.52. The lowest BCUT2D eigenvalue weighted by atomic mass is 9.91. The molecule has 5 nitrogen and oxygen atoms in total. The first kappa shape index (κ1) is 16.4. The number of likely N-dealkylation sites (tertiary alicyclic amines) is 1. The number of hydrogen-bond acceptors (Lipinski definition) is 5. The first-order chi connectivity index (χ1) is 9.88. The van der Waals surface area contributed by atoms with Crippen molar-refractivity contribution in [3.8, 4) is 0 Å². The Morgan fingerprint density at radius 2 is 2.00 bits per heavy atom. The molecule has 21 heavy (non-hydrogen) atoms. The van der Waals surface area contributed by atoms with Crippen LogP contribution in [0.2, 0.25) is 0 Å². The third-order valence-corrected chi connectivity index (χ3v) is 5.43. The van der Waals surface area contributed by atoms with Crippen LogP contribution in [0.15, 0.2) is 0 Å². The molecule has 0 saturated carbocycles. The van der Waals surface area contributed by atoms with E-state index in [2.05, 4.69) is 15.2 Å². The fraction of sp³-hybridized carbons (Fsp3) is 0.733. The van der Waals surface area contributed by atoms with Crippen LogP contribution in [0.1, 0.15) is 37.3 Å². The highest BCUT2D eigenvalue weighted by molar-refractivity contribution is 7.15. The molecule has 2 heterocycles. The van der Waals surface area contributed by atoms with Crippen molar-refractivity contribution >= 4 is 22.4 Å². The molecule has 0 spiro atoms. The van der Waals surface area contributed by atoms with Crippen LogP contribution >= 0.6 is 11.3 Å². The molecule has 0 aromatic carbocycles. The van der Waals surface area contributed by atoms with Gasteiger partial charge in [0.05, 0.1) is 17.8 Å². The Bertz CT molecular complexity index is 474. The summed E-state index contributed by atoms with van der Waals surface area (Å²) in [5, 5.41) is 13.2. The molecular formula is C15H25N3O2S. The fourth-order valence-corrected chi connectivity index (χ4v) is 3.51. The van der Waals surface area contributed by atoms with Gasteiger partial charge in [-0.3, -0.25) is 9.69 Å². The van der Waals surface area contributed by atoms with Gasteiger partial charge < -0.3 is 10.4 Å². The highest BCUT2D eigenvalue weighted by Crippen LogP contribution is 2.24. The van der Waals surface area contributed by atoms with Gasteiger partial charge in [0, 0.05) is 4.88 Å². The fourth-order valence-electron chi connectivity index (χ4n) is 2.69. The van der Waals surface area contributed by atoms with Crippen LogP contribution in [0.5, 0.6) is 0 Å². The Hall–Kier alpha value is -0.980. The molecule has 0 radical (unpaired) electrons. The van der Waals surface area contributed by atoms with Gasteiger partial charge in [-0.1, -0.05) is 0 Å². The number of nitrogens with zero attached hydrogens (tertiary/aromatic N) is 2. The van der Waals surface area contributed by atoms with E-state index in [1.54, 1.807) is 0 Å². The number of aryl methyl sites for hydroxylation is 2. The predicted octanol–water partition coefficient (Wildman–Crippen LogP) is 2.18. The molecule has 1 aliphatic rings. The zero-order chi connectivity index (χ0) is 15.6. The number of anilines is 1. The van der Waals surface area contributed by atoms with Gasteiger partial charge in [0.25, 0.3) is 0 Å². The molecule has 2 unspecified atom stereocenters. The molecule has 2 N–H and O–H groups in total. The maximum atomic E-state index is 12.3. The second kappa shape index (κ2) is 6.85. The molecule has 1 amide bonds. The number of aliphatic hydroxyl groups excluding tert-OH is 1. The van der Waals surface area contributed by atoms with Crippen LogP contribution in [-0.4, -0.2) is 46.1 Å². The van der Waals surface area contributed by atoms with E-state index in [0.29, 0.717) is 11.0 Å². The molecule has 2 rings (SSSR count). The number of carbonyl (C=O) groups is 1. The van der Waals surface area contributed by atoms with E-state index in [1.807, 2.05) is 27.7 Å². The molecule has 1 saturated heterocycles. The second-order valence-electron chi connectivity index (χ2n) is 5.94. The lowest BCUT2D eigenvalue weighted by Gasteiger charge is -2.36. The molecule has 1 aliphatic heterocycles. The maximum absolute atomic E-state index is 12.3. The molecule has 1 aromatic rings. The van der Waals surface area contributed by atoms with E-state index in [1.165, 1.54) is 11.3 Å². The molecular weight excluding hydrogens is 286 g/mol. The summed E-state index contributed by atoms with van der Waals surface area (Å²) in [5.41, 5.74) is 0.973. The van der Waals surface area contributed by atoms with E-state index in [4.69, 9.17) is 0 Å². The minimum Gasteiger partial charge on any atom is -0.393 e. The maximum Gasteiger partial charge on any atom is 0.243 e. The Labute approximate surface area is 130 Å². The number of thiazole rings is 1. The molecule has 0 aliphatic carbocycles. The number of hydrogen-bond donors (Lipinski definition) is 2. The number of amides is 1. The lowest BCUT2D eigenvalue weighted by molar-refractivity contribution is -0.121. The van der Waals surface area contributed by atoms with E-state index < -0.39 is 0 Å². The van der Waals surface area contributed by atoms with Gasteiger partial charge in [-0.2, -0.15) is 0 Å². The molecule has 2 atom stereocenters. The quantitative estimate of drug-likeness (QED) is 0.894. The van der Waals surface area contributed by atoms with E-state index in [0.717, 1.165) is 36.5 Å². The average molecular weight is 311 g/mol. The number of piperidine rings is 1. The van der Waals surface area contributed by atoms with Gasteiger partial charge in [-0.15, -0.1) is 11.3 Å². The van der Waals surface area contributed by atoms with Crippen LogP contribution < -0.4 is 5.32 Å². The summed E-state index contributed by atoms with van der Waals surface area (Å²) in [5.74, 6) is 0.361. The summed E-state index contributed by atoms with van der Waals surface area (Å²) in [6, 6.07) is -0.163. The molecule has 0 bridgehead atoms. The third kappa shape index (κ3) is 4.02. The van der Waals surface area contributed by atoms with Crippen LogP contribution in [0.3, 0.4) is 0 Å². The second-order valence-corrected chi connectivity index (χ2v) is 7.14. The highest BCUT2D eigenvalue weighted by Gasteiger charge is 2.28. The van der Waals surface area contributed by atoms with Gasteiger partial charge in [-0.25, -0.2) is 4.98 Å². The standard InChI is InChI=1S/C15H25N3O2S/c1-9-12(4)21-15(16-9)17-14(20)10(2)18-7-5-13(6-8-18)11(3)19/h10-11,13,19H,5-8H2,1-4H3,(H,16,17,20). The molecule has 1 fully saturated rings. The minimum atomic E-state index is -0.252. The van der Waals surface area contributed by atoms with Crippen LogP contribution in [-0.2, 0) is 4.79 Å². The number of aromatic nitrogens is 1. The first-order valence-electron chi connectivity index (χ1n) is 7.55. The van der Waals surface area contributed by atoms with Gasteiger partial charge in [0.1, 0.15) is 0 Å². The number of rotatable bonds is 4. The number of carbonyl (C=O) groups excluding carboxylic acids is 1. The van der Waals surface area contributed by atoms with Gasteiger partial charge in [-0.05, 0) is 59.5 Å². The SMILES string of the molecule is Cc1nc(NC(=O)C(C)N2CCC(C(C)O)CC2)sc1C. The smallest absolute Gasteiger partial charge is 0.243 e. The summed E-state index contributed by atoms with van der Waals surface area (Å²) in [6.07, 6.45) is 1.65. The zero-order valence-corrected chi connectivity index (χ0v) is 14.0. The van der Waals surface area contributed by atoms with Gasteiger partial charge in [0.2, 0.25) is 5.91 Å². The van der Waals surface area contributed by atoms with Gasteiger partial charge >= 0.3 is 0 Å². The van der Waals surface area contributed by atoms with Gasteiger partial charge in [0.15, 0.2) is 5.13 Å². The van der Waals surface area contributed by atoms with Crippen molar-refractivity contribution in [3.63, 3.8) is 0 Å². The number of aliphatic hydroxyl groups is 1. The Balaban J connectivity index is 1.88. The topological polar surface area (TPSA) is 65.5 Å². The average Bonchev–Trinajstić information content (AvgIpc) is 2.76. The van der Waals surface area contributed by atoms with Crippen molar-refractivity contribution in [2.75, 3.05) is 18.4 Å². The summed E-state index contributed by atoms with van der Waals surface area (Å²) in [4.78, 5) is 20.0. The van der Waals surface area contributed by atoms with Crippen LogP contribution in [0, 0.1) is 19.8 Å². The monoisotopic (exact) mass is 311 g/mol. The van der Waals surface area contributed by atoms with Crippen molar-refractivity contribution < 1.29 is 9.90 Å². The van der Waals surface area contributed by atoms with E-state index in [-0.39, 0.29) is 18.1 Å². The van der Waals surface area contributed by atoms with Crippen molar-refractivity contribution in [3.05, 3.63) is 10.6 Å². The molecule has 6 heteroatoms. The Morgan fingerprint density at radius 1 is 1.38 bits per heavy atom. The molecule has 118 valence electrons. The van der Waals surface area contributed by atoms with Crippen molar-refractivity contribution in [1.29, 1.82) is 0 Å². The van der Waals surface area contributed by atoms with Crippen LogP contribution in [0.4, 0.5) is 5.13 Å². The zero-order valence-electron chi connectivity index (χ0n) is 13.2. The number of nitrogens with one attached hydrogen (secondary N) is 1. The van der Waals surface area contributed by atoms with Crippen molar-refractivity contribution in [2.24, 2.45) is 5.92 Å². The summed E-state index contributed by atoms with van der Waals surface area (Å²) in [7, 11) is 0. The van der Waals surface area contributed by atoms with E-state index >= 15 is 0 Å². The normalized spacial score (nSPS) is 20.2. The lowest BCUT2D eigenvalue weighted by Crippen LogP contribution is -2.47. The van der Waals surface area contributed by atoms with Crippen molar-refractivity contribution in [2.45, 2.75) is 52.7 Å². The Kier molecular flexibility index (Phi) is 5.35. The van der Waals surface area contributed by atoms with Crippen molar-refractivity contribution in [1.82, 2.24) is 9.88 Å². The molecule has 1 aromatic heterocycles. The minimum absolute atomic E-state index is 0.000697. The highest BCUT2D eigenvalue weighted by atomic mass is 32.1. The largest absolute Gasteiger partial charge is 0.393 e. The van der Waals surface area contributed by atoms with Crippen LogP contribution in [0.25, 0.3) is 0 Å². The Morgan fingerprint density at radius 3 is 2.48 bits per heavy atom. The first-order valence-corrected chi connectivity index (χ1v) is 8.37. The predicted molar refractivity (Wildman–Crippen MR) is 85.7 cm³/mol.